The Kier molecular flexibility index (Phi) is 4.23. The molecular formula is C18H28N2O. The summed E-state index contributed by atoms with van der Waals surface area (Å²) in [6, 6.07) is 6.84. The molecule has 2 N–H and O–H groups in total. The molecule has 1 unspecified atom stereocenters. The standard InChI is InChI=1S/C18H28N2O/c1-18(2,20-10-3-4-11-20)17(19)8-6-14-5-7-16-15(13-14)9-12-21-16/h5,7,13,17H,3-4,6,8-12,19H2,1-2H3. The Balaban J connectivity index is 1.59. The van der Waals surface area contributed by atoms with E-state index >= 15 is 0 Å². The molecule has 1 atom stereocenters. The van der Waals surface area contributed by atoms with E-state index in [2.05, 4.69) is 36.9 Å². The maximum absolute atomic E-state index is 6.53. The number of likely N-dealkylation sites (tertiary alicyclic amines) is 1. The predicted molar refractivity (Wildman–Crippen MR) is 86.8 cm³/mol. The van der Waals surface area contributed by atoms with Gasteiger partial charge in [-0.15, -0.1) is 0 Å². The van der Waals surface area contributed by atoms with Crippen LogP contribution in [-0.4, -0.2) is 36.2 Å². The first kappa shape index (κ1) is 14.9. The number of fused-ring (bicyclic) bond motifs is 1. The Morgan fingerprint density at radius 1 is 1.29 bits per heavy atom. The van der Waals surface area contributed by atoms with E-state index in [0.29, 0.717) is 0 Å². The zero-order valence-electron chi connectivity index (χ0n) is 13.4. The van der Waals surface area contributed by atoms with E-state index in [1.54, 1.807) is 0 Å². The van der Waals surface area contributed by atoms with Crippen molar-refractivity contribution in [2.24, 2.45) is 5.73 Å². The Morgan fingerprint density at radius 2 is 2.05 bits per heavy atom. The first-order chi connectivity index (χ1) is 10.1. The van der Waals surface area contributed by atoms with Gasteiger partial charge in [-0.1, -0.05) is 12.1 Å². The van der Waals surface area contributed by atoms with Gasteiger partial charge in [-0.3, -0.25) is 4.90 Å². The summed E-state index contributed by atoms with van der Waals surface area (Å²) in [7, 11) is 0. The molecule has 116 valence electrons. The number of nitrogens with two attached hydrogens (primary N) is 1. The van der Waals surface area contributed by atoms with Crippen LogP contribution >= 0.6 is 0 Å². The van der Waals surface area contributed by atoms with E-state index in [0.717, 1.165) is 31.6 Å². The van der Waals surface area contributed by atoms with Crippen LogP contribution in [0.1, 0.15) is 44.2 Å². The lowest BCUT2D eigenvalue weighted by Crippen LogP contribution is -2.55. The summed E-state index contributed by atoms with van der Waals surface area (Å²) in [5, 5.41) is 0. The van der Waals surface area contributed by atoms with E-state index in [1.807, 2.05) is 0 Å². The van der Waals surface area contributed by atoms with Crippen molar-refractivity contribution in [3.63, 3.8) is 0 Å². The molecule has 1 aromatic rings. The van der Waals surface area contributed by atoms with E-state index in [-0.39, 0.29) is 11.6 Å². The maximum atomic E-state index is 6.53. The summed E-state index contributed by atoms with van der Waals surface area (Å²) in [5.74, 6) is 1.07. The molecule has 3 rings (SSSR count). The molecule has 3 nitrogen and oxygen atoms in total. The average Bonchev–Trinajstić information content (AvgIpc) is 3.14. The van der Waals surface area contributed by atoms with Gasteiger partial charge >= 0.3 is 0 Å². The summed E-state index contributed by atoms with van der Waals surface area (Å²) < 4.78 is 5.57. The molecule has 3 heteroatoms. The van der Waals surface area contributed by atoms with E-state index < -0.39 is 0 Å². The molecule has 0 aromatic heterocycles. The van der Waals surface area contributed by atoms with Gasteiger partial charge in [0.2, 0.25) is 0 Å². The minimum atomic E-state index is 0.107. The molecule has 1 fully saturated rings. The number of nitrogens with zero attached hydrogens (tertiary/aromatic N) is 1. The Morgan fingerprint density at radius 3 is 2.81 bits per heavy atom. The fraction of sp³-hybridized carbons (Fsp3) is 0.667. The molecule has 1 saturated heterocycles. The first-order valence-corrected chi connectivity index (χ1v) is 8.32. The zero-order chi connectivity index (χ0) is 14.9. The third-order valence-corrected chi connectivity index (χ3v) is 5.33. The van der Waals surface area contributed by atoms with Gasteiger partial charge in [-0.05, 0) is 69.8 Å². The number of hydrogen-bond donors (Lipinski definition) is 1. The van der Waals surface area contributed by atoms with Gasteiger partial charge in [0.15, 0.2) is 0 Å². The minimum absolute atomic E-state index is 0.107. The van der Waals surface area contributed by atoms with Crippen LogP contribution in [-0.2, 0) is 12.8 Å². The average molecular weight is 288 g/mol. The summed E-state index contributed by atoms with van der Waals surface area (Å²) in [5.41, 5.74) is 9.39. The molecule has 0 bridgehead atoms. The van der Waals surface area contributed by atoms with Crippen LogP contribution in [0.2, 0.25) is 0 Å². The normalized spacial score (nSPS) is 20.3. The molecule has 21 heavy (non-hydrogen) atoms. The van der Waals surface area contributed by atoms with E-state index in [9.17, 15) is 0 Å². The lowest BCUT2D eigenvalue weighted by atomic mass is 9.88. The Bertz CT molecular complexity index is 492. The van der Waals surface area contributed by atoms with Crippen molar-refractivity contribution < 1.29 is 4.74 Å². The number of hydrogen-bond acceptors (Lipinski definition) is 3. The maximum Gasteiger partial charge on any atom is 0.122 e. The van der Waals surface area contributed by atoms with Crippen LogP contribution in [0.25, 0.3) is 0 Å². The molecule has 0 amide bonds. The lowest BCUT2D eigenvalue weighted by molar-refractivity contribution is 0.120. The van der Waals surface area contributed by atoms with Crippen LogP contribution < -0.4 is 10.5 Å². The molecule has 0 spiro atoms. The molecule has 2 heterocycles. The number of rotatable bonds is 5. The SMILES string of the molecule is CC(C)(C(N)CCc1ccc2c(c1)CCO2)N1CCCC1. The van der Waals surface area contributed by atoms with Crippen molar-refractivity contribution in [2.45, 2.75) is 57.5 Å². The highest BCUT2D eigenvalue weighted by atomic mass is 16.5. The quantitative estimate of drug-likeness (QED) is 0.905. The second-order valence-corrected chi connectivity index (χ2v) is 7.03. The van der Waals surface area contributed by atoms with Gasteiger partial charge in [0.25, 0.3) is 0 Å². The van der Waals surface area contributed by atoms with Gasteiger partial charge in [-0.25, -0.2) is 0 Å². The molecule has 0 radical (unpaired) electrons. The predicted octanol–water partition coefficient (Wildman–Crippen LogP) is 2.76. The van der Waals surface area contributed by atoms with Crippen LogP contribution in [0.3, 0.4) is 0 Å². The summed E-state index contributed by atoms with van der Waals surface area (Å²) in [4.78, 5) is 2.56. The van der Waals surface area contributed by atoms with Crippen molar-refractivity contribution in [1.29, 1.82) is 0 Å². The van der Waals surface area contributed by atoms with Gasteiger partial charge in [0, 0.05) is 18.0 Å². The van der Waals surface area contributed by atoms with Crippen molar-refractivity contribution in [2.75, 3.05) is 19.7 Å². The highest BCUT2D eigenvalue weighted by molar-refractivity contribution is 5.39. The van der Waals surface area contributed by atoms with Gasteiger partial charge in [-0.2, -0.15) is 0 Å². The van der Waals surface area contributed by atoms with E-state index in [1.165, 1.54) is 37.1 Å². The lowest BCUT2D eigenvalue weighted by Gasteiger charge is -2.40. The van der Waals surface area contributed by atoms with Crippen molar-refractivity contribution >= 4 is 0 Å². The Labute approximate surface area is 128 Å². The minimum Gasteiger partial charge on any atom is -0.493 e. The molecule has 2 aliphatic rings. The number of ether oxygens (including phenoxy) is 1. The van der Waals surface area contributed by atoms with Crippen molar-refractivity contribution in [3.05, 3.63) is 29.3 Å². The van der Waals surface area contributed by atoms with Crippen LogP contribution in [0.5, 0.6) is 5.75 Å². The summed E-state index contributed by atoms with van der Waals surface area (Å²) in [6.07, 6.45) is 5.80. The third-order valence-electron chi connectivity index (χ3n) is 5.33. The second kappa shape index (κ2) is 5.98. The number of benzene rings is 1. The monoisotopic (exact) mass is 288 g/mol. The fourth-order valence-electron chi connectivity index (χ4n) is 3.60. The third kappa shape index (κ3) is 3.09. The summed E-state index contributed by atoms with van der Waals surface area (Å²) in [6.45, 7) is 7.85. The second-order valence-electron chi connectivity index (χ2n) is 7.03. The smallest absolute Gasteiger partial charge is 0.122 e. The van der Waals surface area contributed by atoms with Crippen molar-refractivity contribution in [3.8, 4) is 5.75 Å². The van der Waals surface area contributed by atoms with Crippen LogP contribution in [0.4, 0.5) is 0 Å². The zero-order valence-corrected chi connectivity index (χ0v) is 13.4. The topological polar surface area (TPSA) is 38.5 Å². The van der Waals surface area contributed by atoms with Crippen molar-refractivity contribution in [1.82, 2.24) is 4.90 Å². The first-order valence-electron chi connectivity index (χ1n) is 8.32. The summed E-state index contributed by atoms with van der Waals surface area (Å²) >= 11 is 0. The molecule has 0 saturated carbocycles. The molecule has 2 aliphatic heterocycles. The largest absolute Gasteiger partial charge is 0.493 e. The molecule has 1 aromatic carbocycles. The van der Waals surface area contributed by atoms with Gasteiger partial charge in [0.1, 0.15) is 5.75 Å². The fourth-order valence-corrected chi connectivity index (χ4v) is 3.60. The van der Waals surface area contributed by atoms with Crippen LogP contribution in [0.15, 0.2) is 18.2 Å². The highest BCUT2D eigenvalue weighted by Gasteiger charge is 2.34. The van der Waals surface area contributed by atoms with E-state index in [4.69, 9.17) is 10.5 Å². The molecular weight excluding hydrogens is 260 g/mol. The van der Waals surface area contributed by atoms with Gasteiger partial charge in [0.05, 0.1) is 6.61 Å². The molecule has 0 aliphatic carbocycles. The number of aryl methyl sites for hydroxylation is 1. The van der Waals surface area contributed by atoms with Crippen LogP contribution in [0, 0.1) is 0 Å². The van der Waals surface area contributed by atoms with Gasteiger partial charge < -0.3 is 10.5 Å². The Hall–Kier alpha value is -1.06. The highest BCUT2D eigenvalue weighted by Crippen LogP contribution is 2.28.